The van der Waals surface area contributed by atoms with Crippen molar-refractivity contribution in [1.82, 2.24) is 10.2 Å². The molecule has 0 bridgehead atoms. The molecule has 17 heavy (non-hydrogen) atoms. The van der Waals surface area contributed by atoms with Gasteiger partial charge in [0.25, 0.3) is 0 Å². The lowest BCUT2D eigenvalue weighted by Gasteiger charge is -2.26. The third-order valence-corrected chi connectivity index (χ3v) is 3.71. The SMILES string of the molecule is Brc1ccc2occ(CN3CCNCC3)c2c1. The average molecular weight is 295 g/mol. The Kier molecular flexibility index (Phi) is 3.18. The smallest absolute Gasteiger partial charge is 0.134 e. The van der Waals surface area contributed by atoms with Crippen LogP contribution in [0.3, 0.4) is 0 Å². The van der Waals surface area contributed by atoms with E-state index in [1.807, 2.05) is 18.4 Å². The number of furan rings is 1. The number of halogens is 1. The summed E-state index contributed by atoms with van der Waals surface area (Å²) in [5.41, 5.74) is 2.25. The number of nitrogens with zero attached hydrogens (tertiary/aromatic N) is 1. The van der Waals surface area contributed by atoms with Crippen LogP contribution in [-0.2, 0) is 6.54 Å². The van der Waals surface area contributed by atoms with E-state index in [2.05, 4.69) is 32.2 Å². The molecule has 0 amide bonds. The Morgan fingerprint density at radius 2 is 2.12 bits per heavy atom. The molecule has 1 N–H and O–H groups in total. The van der Waals surface area contributed by atoms with Crippen LogP contribution < -0.4 is 5.32 Å². The molecule has 3 nitrogen and oxygen atoms in total. The summed E-state index contributed by atoms with van der Waals surface area (Å²) in [6.07, 6.45) is 1.89. The quantitative estimate of drug-likeness (QED) is 0.923. The van der Waals surface area contributed by atoms with Gasteiger partial charge in [-0.1, -0.05) is 15.9 Å². The zero-order valence-electron chi connectivity index (χ0n) is 9.58. The van der Waals surface area contributed by atoms with Crippen LogP contribution in [0.25, 0.3) is 11.0 Å². The first-order valence-electron chi connectivity index (χ1n) is 5.91. The number of nitrogens with one attached hydrogen (secondary N) is 1. The highest BCUT2D eigenvalue weighted by Gasteiger charge is 2.13. The third-order valence-electron chi connectivity index (χ3n) is 3.22. The molecule has 2 aromatic rings. The molecule has 1 saturated heterocycles. The van der Waals surface area contributed by atoms with Crippen LogP contribution in [0.1, 0.15) is 5.56 Å². The fraction of sp³-hybridized carbons (Fsp3) is 0.385. The van der Waals surface area contributed by atoms with Crippen LogP contribution in [0, 0.1) is 0 Å². The molecule has 0 aliphatic carbocycles. The third kappa shape index (κ3) is 2.39. The minimum atomic E-state index is 0.971. The van der Waals surface area contributed by atoms with E-state index in [0.717, 1.165) is 42.8 Å². The van der Waals surface area contributed by atoms with Crippen LogP contribution in [0.4, 0.5) is 0 Å². The van der Waals surface area contributed by atoms with Crippen LogP contribution in [-0.4, -0.2) is 31.1 Å². The van der Waals surface area contributed by atoms with Crippen molar-refractivity contribution < 1.29 is 4.42 Å². The lowest BCUT2D eigenvalue weighted by Crippen LogP contribution is -2.42. The van der Waals surface area contributed by atoms with E-state index in [-0.39, 0.29) is 0 Å². The standard InChI is InChI=1S/C13H15BrN2O/c14-11-1-2-13-12(7-11)10(9-17-13)8-16-5-3-15-4-6-16/h1-2,7,9,15H,3-6,8H2. The van der Waals surface area contributed by atoms with Gasteiger partial charge in [-0.25, -0.2) is 0 Å². The van der Waals surface area contributed by atoms with Gasteiger partial charge < -0.3 is 9.73 Å². The second-order valence-corrected chi connectivity index (χ2v) is 5.34. The van der Waals surface area contributed by atoms with Gasteiger partial charge >= 0.3 is 0 Å². The Labute approximate surface area is 109 Å². The van der Waals surface area contributed by atoms with Crippen molar-refractivity contribution in [2.75, 3.05) is 26.2 Å². The van der Waals surface area contributed by atoms with E-state index in [0.29, 0.717) is 0 Å². The molecular formula is C13H15BrN2O. The van der Waals surface area contributed by atoms with Gasteiger partial charge in [0.1, 0.15) is 5.58 Å². The summed E-state index contributed by atoms with van der Waals surface area (Å²) in [6.45, 7) is 5.37. The molecule has 0 atom stereocenters. The van der Waals surface area contributed by atoms with Crippen LogP contribution in [0.2, 0.25) is 0 Å². The molecule has 3 rings (SSSR count). The number of benzene rings is 1. The molecular weight excluding hydrogens is 280 g/mol. The van der Waals surface area contributed by atoms with Crippen molar-refractivity contribution in [2.24, 2.45) is 0 Å². The number of piperazine rings is 1. The number of hydrogen-bond donors (Lipinski definition) is 1. The molecule has 2 heterocycles. The van der Waals surface area contributed by atoms with Crippen LogP contribution >= 0.6 is 15.9 Å². The van der Waals surface area contributed by atoms with Gasteiger partial charge in [-0.15, -0.1) is 0 Å². The van der Waals surface area contributed by atoms with Gasteiger partial charge in [-0.2, -0.15) is 0 Å². The van der Waals surface area contributed by atoms with Crippen molar-refractivity contribution in [2.45, 2.75) is 6.54 Å². The molecule has 0 radical (unpaired) electrons. The Hall–Kier alpha value is -0.840. The van der Waals surface area contributed by atoms with Crippen molar-refractivity contribution in [3.05, 3.63) is 34.5 Å². The van der Waals surface area contributed by atoms with Crippen molar-refractivity contribution in [1.29, 1.82) is 0 Å². The zero-order chi connectivity index (χ0) is 11.7. The van der Waals surface area contributed by atoms with Gasteiger partial charge in [0.05, 0.1) is 6.26 Å². The van der Waals surface area contributed by atoms with Crippen molar-refractivity contribution in [3.63, 3.8) is 0 Å². The van der Waals surface area contributed by atoms with Gasteiger partial charge in [-0.3, -0.25) is 4.90 Å². The number of fused-ring (bicyclic) bond motifs is 1. The van der Waals surface area contributed by atoms with Crippen LogP contribution in [0.15, 0.2) is 33.4 Å². The lowest BCUT2D eigenvalue weighted by atomic mass is 10.1. The van der Waals surface area contributed by atoms with Gasteiger partial charge in [0.15, 0.2) is 0 Å². The fourth-order valence-electron chi connectivity index (χ4n) is 2.29. The molecule has 1 aliphatic heterocycles. The van der Waals surface area contributed by atoms with Crippen molar-refractivity contribution in [3.8, 4) is 0 Å². The Balaban J connectivity index is 1.86. The van der Waals surface area contributed by atoms with E-state index in [9.17, 15) is 0 Å². The first-order chi connectivity index (χ1) is 8.33. The molecule has 1 fully saturated rings. The fourth-order valence-corrected chi connectivity index (χ4v) is 2.65. The molecule has 0 unspecified atom stereocenters. The highest BCUT2D eigenvalue weighted by molar-refractivity contribution is 9.10. The van der Waals surface area contributed by atoms with E-state index in [4.69, 9.17) is 4.42 Å². The maximum Gasteiger partial charge on any atom is 0.134 e. The summed E-state index contributed by atoms with van der Waals surface area (Å²) < 4.78 is 6.69. The predicted molar refractivity (Wildman–Crippen MR) is 72.1 cm³/mol. The minimum Gasteiger partial charge on any atom is -0.464 e. The molecule has 1 aromatic carbocycles. The van der Waals surface area contributed by atoms with E-state index in [1.165, 1.54) is 10.9 Å². The van der Waals surface area contributed by atoms with E-state index in [1.54, 1.807) is 0 Å². The summed E-state index contributed by atoms with van der Waals surface area (Å²) in [4.78, 5) is 2.46. The van der Waals surface area contributed by atoms with Crippen molar-refractivity contribution >= 4 is 26.9 Å². The summed E-state index contributed by atoms with van der Waals surface area (Å²) in [7, 11) is 0. The van der Waals surface area contributed by atoms with E-state index < -0.39 is 0 Å². The summed E-state index contributed by atoms with van der Waals surface area (Å²) >= 11 is 3.51. The molecule has 4 heteroatoms. The largest absolute Gasteiger partial charge is 0.464 e. The maximum atomic E-state index is 5.58. The summed E-state index contributed by atoms with van der Waals surface area (Å²) in [6, 6.07) is 6.16. The van der Waals surface area contributed by atoms with Crippen LogP contribution in [0.5, 0.6) is 0 Å². The first kappa shape index (κ1) is 11.3. The summed E-state index contributed by atoms with van der Waals surface area (Å²) in [5, 5.41) is 4.59. The normalized spacial score (nSPS) is 17.7. The highest BCUT2D eigenvalue weighted by atomic mass is 79.9. The second-order valence-electron chi connectivity index (χ2n) is 4.43. The molecule has 0 saturated carbocycles. The topological polar surface area (TPSA) is 28.4 Å². The minimum absolute atomic E-state index is 0.971. The Morgan fingerprint density at radius 1 is 1.29 bits per heavy atom. The maximum absolute atomic E-state index is 5.58. The molecule has 1 aromatic heterocycles. The highest BCUT2D eigenvalue weighted by Crippen LogP contribution is 2.25. The molecule has 0 spiro atoms. The average Bonchev–Trinajstić information content (AvgIpc) is 2.73. The first-order valence-corrected chi connectivity index (χ1v) is 6.71. The monoisotopic (exact) mass is 294 g/mol. The number of hydrogen-bond acceptors (Lipinski definition) is 3. The Bertz CT molecular complexity index is 517. The van der Waals surface area contributed by atoms with Gasteiger partial charge in [0.2, 0.25) is 0 Å². The molecule has 90 valence electrons. The van der Waals surface area contributed by atoms with E-state index >= 15 is 0 Å². The van der Waals surface area contributed by atoms with Gasteiger partial charge in [0, 0.05) is 48.1 Å². The Morgan fingerprint density at radius 3 is 2.94 bits per heavy atom. The lowest BCUT2D eigenvalue weighted by molar-refractivity contribution is 0.233. The second kappa shape index (κ2) is 4.80. The summed E-state index contributed by atoms with van der Waals surface area (Å²) in [5.74, 6) is 0. The predicted octanol–water partition coefficient (Wildman–Crippen LogP) is 2.60. The zero-order valence-corrected chi connectivity index (χ0v) is 11.2. The van der Waals surface area contributed by atoms with Gasteiger partial charge in [-0.05, 0) is 18.2 Å². The number of rotatable bonds is 2. The molecule has 1 aliphatic rings.